The maximum Gasteiger partial charge on any atom is 0.303 e. The molecule has 0 amide bonds. The topological polar surface area (TPSA) is 71.1 Å². The standard InChI is InChI=1S/C24H36O6/c1-15(2)23-10-11-24(30-29-23)18(13-23)19(28-17(4)26)12-20-21(5,14-27-16(3)25)8-7-9-22(20,24)6/h13,15,19-20H,7-12,14H2,1-6H3/t19-,20+,21+,22+,23-,24+/m1/s1. The molecule has 1 spiro atoms. The normalized spacial score (nSPS) is 44.7. The lowest BCUT2D eigenvalue weighted by Gasteiger charge is -2.67. The van der Waals surface area contributed by atoms with Gasteiger partial charge in [0.25, 0.3) is 0 Å². The molecule has 2 saturated carbocycles. The highest BCUT2D eigenvalue weighted by atomic mass is 17.2. The molecule has 2 heterocycles. The first-order chi connectivity index (χ1) is 14.0. The predicted molar refractivity (Wildman–Crippen MR) is 110 cm³/mol. The number of hydrogen-bond acceptors (Lipinski definition) is 6. The van der Waals surface area contributed by atoms with Gasteiger partial charge in [0.15, 0.2) is 0 Å². The summed E-state index contributed by atoms with van der Waals surface area (Å²) in [6.45, 7) is 12.1. The molecule has 3 fully saturated rings. The second-order valence-electron chi connectivity index (χ2n) is 10.8. The minimum Gasteiger partial charge on any atom is -0.465 e. The van der Waals surface area contributed by atoms with Gasteiger partial charge in [-0.25, -0.2) is 9.78 Å². The second kappa shape index (κ2) is 7.06. The molecular weight excluding hydrogens is 384 g/mol. The van der Waals surface area contributed by atoms with Crippen molar-refractivity contribution < 1.29 is 28.8 Å². The first kappa shape index (κ1) is 21.8. The third-order valence-corrected chi connectivity index (χ3v) is 8.74. The van der Waals surface area contributed by atoms with Crippen molar-refractivity contribution in [2.75, 3.05) is 6.61 Å². The molecule has 0 N–H and O–H groups in total. The van der Waals surface area contributed by atoms with Crippen LogP contribution in [0.4, 0.5) is 0 Å². The van der Waals surface area contributed by atoms with Crippen molar-refractivity contribution in [3.05, 3.63) is 11.6 Å². The zero-order valence-corrected chi connectivity index (χ0v) is 19.2. The van der Waals surface area contributed by atoms with Crippen LogP contribution in [0.3, 0.4) is 0 Å². The minimum absolute atomic E-state index is 0.174. The van der Waals surface area contributed by atoms with E-state index >= 15 is 0 Å². The number of carbonyl (C=O) groups is 2. The van der Waals surface area contributed by atoms with Gasteiger partial charge in [0.2, 0.25) is 0 Å². The van der Waals surface area contributed by atoms with Crippen molar-refractivity contribution >= 4 is 11.9 Å². The summed E-state index contributed by atoms with van der Waals surface area (Å²) >= 11 is 0. The smallest absolute Gasteiger partial charge is 0.303 e. The van der Waals surface area contributed by atoms with Crippen LogP contribution in [0.2, 0.25) is 0 Å². The molecule has 0 unspecified atom stereocenters. The molecule has 6 heteroatoms. The van der Waals surface area contributed by atoms with Crippen LogP contribution in [0.5, 0.6) is 0 Å². The molecule has 5 aliphatic rings. The van der Waals surface area contributed by atoms with Crippen LogP contribution in [-0.4, -0.2) is 35.9 Å². The van der Waals surface area contributed by atoms with Crippen LogP contribution in [0.15, 0.2) is 11.6 Å². The summed E-state index contributed by atoms with van der Waals surface area (Å²) in [5.74, 6) is -0.107. The van der Waals surface area contributed by atoms with Gasteiger partial charge in [-0.05, 0) is 50.0 Å². The number of rotatable bonds is 4. The minimum atomic E-state index is -0.607. The van der Waals surface area contributed by atoms with Gasteiger partial charge < -0.3 is 9.47 Å². The van der Waals surface area contributed by atoms with Crippen molar-refractivity contribution in [1.82, 2.24) is 0 Å². The molecule has 1 saturated heterocycles. The van der Waals surface area contributed by atoms with Crippen LogP contribution >= 0.6 is 0 Å². The van der Waals surface area contributed by atoms with Crippen molar-refractivity contribution in [2.24, 2.45) is 22.7 Å². The fourth-order valence-corrected chi connectivity index (χ4v) is 6.98. The first-order valence-electron chi connectivity index (χ1n) is 11.4. The Balaban J connectivity index is 1.81. The Morgan fingerprint density at radius 2 is 1.83 bits per heavy atom. The third-order valence-electron chi connectivity index (χ3n) is 8.74. The molecule has 2 bridgehead atoms. The molecule has 0 radical (unpaired) electrons. The number of fused-ring (bicyclic) bond motifs is 3. The van der Waals surface area contributed by atoms with Gasteiger partial charge in [-0.15, -0.1) is 0 Å². The van der Waals surface area contributed by atoms with Crippen LogP contribution < -0.4 is 0 Å². The molecule has 5 rings (SSSR count). The summed E-state index contributed by atoms with van der Waals surface area (Å²) in [4.78, 5) is 36.1. The van der Waals surface area contributed by atoms with E-state index in [9.17, 15) is 9.59 Å². The molecule has 0 aromatic carbocycles. The van der Waals surface area contributed by atoms with E-state index in [2.05, 4.69) is 33.8 Å². The zero-order chi connectivity index (χ0) is 21.9. The first-order valence-corrected chi connectivity index (χ1v) is 11.4. The van der Waals surface area contributed by atoms with Gasteiger partial charge in [0, 0.05) is 30.3 Å². The SMILES string of the molecule is CC(=O)OC[C@]1(C)CCC[C@@]2(C)[C@H]1C[C@@H](OC(C)=O)C1=C[C@@]3(C(C)C)CC[C@]12OO3. The van der Waals surface area contributed by atoms with Gasteiger partial charge in [-0.3, -0.25) is 9.59 Å². The number of esters is 2. The summed E-state index contributed by atoms with van der Waals surface area (Å²) in [6, 6.07) is 0. The van der Waals surface area contributed by atoms with Crippen LogP contribution in [0.1, 0.15) is 80.1 Å². The summed E-state index contributed by atoms with van der Waals surface area (Å²) in [6.07, 6.45) is 7.37. The Kier molecular flexibility index (Phi) is 5.13. The largest absolute Gasteiger partial charge is 0.465 e. The van der Waals surface area contributed by atoms with E-state index in [0.29, 0.717) is 6.61 Å². The number of carbonyl (C=O) groups excluding carboxylic acids is 2. The molecule has 0 aromatic rings. The average molecular weight is 421 g/mol. The lowest BCUT2D eigenvalue weighted by Crippen LogP contribution is -2.70. The fraction of sp³-hybridized carbons (Fsp3) is 0.833. The predicted octanol–water partition coefficient (Wildman–Crippen LogP) is 4.51. The van der Waals surface area contributed by atoms with Gasteiger partial charge in [0.05, 0.1) is 6.61 Å². The second-order valence-corrected chi connectivity index (χ2v) is 10.8. The van der Waals surface area contributed by atoms with E-state index in [1.165, 1.54) is 13.8 Å². The maximum absolute atomic E-state index is 12.0. The lowest BCUT2D eigenvalue weighted by molar-refractivity contribution is -0.468. The Bertz CT molecular complexity index is 762. The highest BCUT2D eigenvalue weighted by molar-refractivity contribution is 5.67. The Hall–Kier alpha value is -1.40. The van der Waals surface area contributed by atoms with Gasteiger partial charge in [-0.1, -0.05) is 34.1 Å². The van der Waals surface area contributed by atoms with Gasteiger partial charge >= 0.3 is 11.9 Å². The van der Waals surface area contributed by atoms with Crippen molar-refractivity contribution in [1.29, 1.82) is 0 Å². The number of ether oxygens (including phenoxy) is 2. The Morgan fingerprint density at radius 3 is 2.40 bits per heavy atom. The molecular formula is C24H36O6. The molecule has 6 nitrogen and oxygen atoms in total. The molecule has 30 heavy (non-hydrogen) atoms. The van der Waals surface area contributed by atoms with E-state index in [0.717, 1.165) is 44.1 Å². The molecule has 0 aromatic heterocycles. The molecule has 168 valence electrons. The summed E-state index contributed by atoms with van der Waals surface area (Å²) in [5, 5.41) is 0. The molecule has 6 atom stereocenters. The quantitative estimate of drug-likeness (QED) is 0.378. The van der Waals surface area contributed by atoms with E-state index in [1.54, 1.807) is 0 Å². The summed E-state index contributed by atoms with van der Waals surface area (Å²) in [5.41, 5.74) is -0.380. The summed E-state index contributed by atoms with van der Waals surface area (Å²) in [7, 11) is 0. The van der Waals surface area contributed by atoms with E-state index in [4.69, 9.17) is 19.2 Å². The highest BCUT2D eigenvalue weighted by Gasteiger charge is 2.70. The van der Waals surface area contributed by atoms with Gasteiger partial charge in [0.1, 0.15) is 17.3 Å². The number of hydrogen-bond donors (Lipinski definition) is 0. The zero-order valence-electron chi connectivity index (χ0n) is 19.2. The summed E-state index contributed by atoms with van der Waals surface area (Å²) < 4.78 is 11.4. The van der Waals surface area contributed by atoms with Crippen LogP contribution in [-0.2, 0) is 28.8 Å². The van der Waals surface area contributed by atoms with E-state index in [-0.39, 0.29) is 40.7 Å². The van der Waals surface area contributed by atoms with Crippen molar-refractivity contribution in [3.63, 3.8) is 0 Å². The highest BCUT2D eigenvalue weighted by Crippen LogP contribution is 2.69. The maximum atomic E-state index is 12.0. The van der Waals surface area contributed by atoms with Crippen molar-refractivity contribution in [2.45, 2.75) is 97.4 Å². The van der Waals surface area contributed by atoms with Crippen molar-refractivity contribution in [3.8, 4) is 0 Å². The fourth-order valence-electron chi connectivity index (χ4n) is 6.98. The average Bonchev–Trinajstić information content (AvgIpc) is 2.68. The van der Waals surface area contributed by atoms with E-state index in [1.807, 2.05) is 0 Å². The molecule has 2 aliphatic heterocycles. The third kappa shape index (κ3) is 2.97. The van der Waals surface area contributed by atoms with Crippen LogP contribution in [0, 0.1) is 22.7 Å². The molecule has 3 aliphatic carbocycles. The Morgan fingerprint density at radius 1 is 1.10 bits per heavy atom. The monoisotopic (exact) mass is 420 g/mol. The Labute approximate surface area is 179 Å². The lowest BCUT2D eigenvalue weighted by atomic mass is 9.43. The van der Waals surface area contributed by atoms with E-state index < -0.39 is 11.2 Å². The van der Waals surface area contributed by atoms with Gasteiger partial charge in [-0.2, -0.15) is 0 Å². The van der Waals surface area contributed by atoms with Crippen LogP contribution in [0.25, 0.3) is 0 Å².